The van der Waals surface area contributed by atoms with Crippen molar-refractivity contribution in [1.82, 2.24) is 4.72 Å². The molecule has 0 aromatic heterocycles. The van der Waals surface area contributed by atoms with Crippen LogP contribution in [0.2, 0.25) is 0 Å². The molecule has 19 heavy (non-hydrogen) atoms. The molecule has 4 nitrogen and oxygen atoms in total. The fourth-order valence-corrected chi connectivity index (χ4v) is 3.47. The van der Waals surface area contributed by atoms with E-state index in [0.29, 0.717) is 5.56 Å². The molecule has 0 aliphatic heterocycles. The van der Waals surface area contributed by atoms with Gasteiger partial charge < -0.3 is 5.73 Å². The third kappa shape index (κ3) is 4.56. The van der Waals surface area contributed by atoms with E-state index < -0.39 is 15.6 Å². The fraction of sp³-hybridized carbons (Fsp3) is 0.462. The van der Waals surface area contributed by atoms with Crippen LogP contribution >= 0.6 is 12.2 Å². The molecule has 0 saturated carbocycles. The van der Waals surface area contributed by atoms with E-state index in [2.05, 4.69) is 4.72 Å². The van der Waals surface area contributed by atoms with E-state index in [1.165, 1.54) is 12.1 Å². The van der Waals surface area contributed by atoms with Gasteiger partial charge in [-0.05, 0) is 32.4 Å². The molecule has 0 radical (unpaired) electrons. The summed E-state index contributed by atoms with van der Waals surface area (Å²) in [6.45, 7) is 5.77. The molecule has 0 aliphatic rings. The van der Waals surface area contributed by atoms with Crippen LogP contribution in [0.25, 0.3) is 0 Å². The Hall–Kier alpha value is -0.980. The monoisotopic (exact) mass is 300 g/mol. The lowest BCUT2D eigenvalue weighted by Gasteiger charge is -2.25. The minimum Gasteiger partial charge on any atom is -0.389 e. The summed E-state index contributed by atoms with van der Waals surface area (Å²) in [6, 6.07) is 6.26. The van der Waals surface area contributed by atoms with Gasteiger partial charge in [0.05, 0.1) is 4.90 Å². The number of nitrogens with one attached hydrogen (secondary N) is 1. The van der Waals surface area contributed by atoms with Gasteiger partial charge in [0.15, 0.2) is 0 Å². The topological polar surface area (TPSA) is 72.2 Å². The number of rotatable bonds is 6. The van der Waals surface area contributed by atoms with Crippen molar-refractivity contribution in [2.24, 2.45) is 5.73 Å². The summed E-state index contributed by atoms with van der Waals surface area (Å²) in [5.41, 5.74) is 5.67. The SMILES string of the molecule is CCCC(C)(C)NS(=O)(=O)c1ccc(C(N)=S)cc1. The maximum Gasteiger partial charge on any atom is 0.241 e. The Morgan fingerprint density at radius 3 is 2.26 bits per heavy atom. The van der Waals surface area contributed by atoms with Crippen LogP contribution in [-0.4, -0.2) is 18.9 Å². The zero-order chi connectivity index (χ0) is 14.7. The normalized spacial score (nSPS) is 12.4. The number of hydrogen-bond donors (Lipinski definition) is 2. The second-order valence-corrected chi connectivity index (χ2v) is 7.25. The molecular weight excluding hydrogens is 280 g/mol. The first-order valence-electron chi connectivity index (χ1n) is 6.12. The van der Waals surface area contributed by atoms with Crippen LogP contribution < -0.4 is 10.5 Å². The van der Waals surface area contributed by atoms with Crippen molar-refractivity contribution in [3.05, 3.63) is 29.8 Å². The van der Waals surface area contributed by atoms with E-state index in [1.807, 2.05) is 20.8 Å². The second-order valence-electron chi connectivity index (χ2n) is 5.13. The summed E-state index contributed by atoms with van der Waals surface area (Å²) >= 11 is 4.83. The average molecular weight is 300 g/mol. The highest BCUT2D eigenvalue weighted by Crippen LogP contribution is 2.17. The molecule has 0 fully saturated rings. The Kier molecular flexibility index (Phi) is 5.06. The summed E-state index contributed by atoms with van der Waals surface area (Å²) in [5, 5.41) is 0. The first kappa shape index (κ1) is 16.1. The standard InChI is InChI=1S/C13H20N2O2S2/c1-4-9-13(2,3)15-19(16,17)11-7-5-10(6-8-11)12(14)18/h5-8,15H,4,9H2,1-3H3,(H2,14,18). The van der Waals surface area contributed by atoms with Crippen molar-refractivity contribution in [3.8, 4) is 0 Å². The lowest BCUT2D eigenvalue weighted by Crippen LogP contribution is -2.43. The number of nitrogens with two attached hydrogens (primary N) is 1. The Bertz CT molecular complexity index is 549. The molecule has 0 amide bonds. The van der Waals surface area contributed by atoms with Crippen LogP contribution in [0.5, 0.6) is 0 Å². The highest BCUT2D eigenvalue weighted by molar-refractivity contribution is 7.89. The summed E-state index contributed by atoms with van der Waals surface area (Å²) in [6.07, 6.45) is 1.69. The van der Waals surface area contributed by atoms with Gasteiger partial charge in [0.2, 0.25) is 10.0 Å². The molecule has 0 saturated heterocycles. The molecule has 0 spiro atoms. The first-order chi connectivity index (χ1) is 8.68. The molecule has 0 aliphatic carbocycles. The molecule has 6 heteroatoms. The van der Waals surface area contributed by atoms with Gasteiger partial charge in [-0.3, -0.25) is 0 Å². The van der Waals surface area contributed by atoms with Crippen molar-refractivity contribution in [2.75, 3.05) is 0 Å². The molecule has 106 valence electrons. The highest BCUT2D eigenvalue weighted by Gasteiger charge is 2.25. The quantitative estimate of drug-likeness (QED) is 0.790. The lowest BCUT2D eigenvalue weighted by atomic mass is 10.0. The van der Waals surface area contributed by atoms with Gasteiger partial charge in [-0.1, -0.05) is 37.7 Å². The number of hydrogen-bond acceptors (Lipinski definition) is 3. The van der Waals surface area contributed by atoms with E-state index in [9.17, 15) is 8.42 Å². The van der Waals surface area contributed by atoms with Crippen LogP contribution in [0.3, 0.4) is 0 Å². The van der Waals surface area contributed by atoms with Crippen molar-refractivity contribution < 1.29 is 8.42 Å². The van der Waals surface area contributed by atoms with Gasteiger partial charge in [0.1, 0.15) is 4.99 Å². The Morgan fingerprint density at radius 1 is 1.32 bits per heavy atom. The summed E-state index contributed by atoms with van der Waals surface area (Å²) in [4.78, 5) is 0.472. The third-order valence-corrected chi connectivity index (χ3v) is 4.68. The van der Waals surface area contributed by atoms with Crippen molar-refractivity contribution in [1.29, 1.82) is 0 Å². The van der Waals surface area contributed by atoms with Gasteiger partial charge in [-0.2, -0.15) is 0 Å². The minimum absolute atomic E-state index is 0.219. The molecule has 0 unspecified atom stereocenters. The predicted octanol–water partition coefficient (Wildman–Crippen LogP) is 2.18. The molecule has 0 heterocycles. The maximum atomic E-state index is 12.2. The molecule has 0 atom stereocenters. The molecule has 1 aromatic rings. The van der Waals surface area contributed by atoms with Crippen LogP contribution in [0.4, 0.5) is 0 Å². The first-order valence-corrected chi connectivity index (χ1v) is 8.01. The molecule has 0 bridgehead atoms. The Morgan fingerprint density at radius 2 is 1.84 bits per heavy atom. The van der Waals surface area contributed by atoms with Gasteiger partial charge in [-0.15, -0.1) is 0 Å². The van der Waals surface area contributed by atoms with Gasteiger partial charge in [-0.25, -0.2) is 13.1 Å². The van der Waals surface area contributed by atoms with Crippen LogP contribution in [0, 0.1) is 0 Å². The van der Waals surface area contributed by atoms with Gasteiger partial charge in [0, 0.05) is 11.1 Å². The lowest BCUT2D eigenvalue weighted by molar-refractivity contribution is 0.418. The van der Waals surface area contributed by atoms with E-state index in [1.54, 1.807) is 12.1 Å². The molecule has 3 N–H and O–H groups in total. The summed E-state index contributed by atoms with van der Waals surface area (Å²) in [7, 11) is -3.52. The van der Waals surface area contributed by atoms with Crippen molar-refractivity contribution in [3.63, 3.8) is 0 Å². The fourth-order valence-electron chi connectivity index (χ4n) is 1.90. The molecule has 1 aromatic carbocycles. The van der Waals surface area contributed by atoms with Gasteiger partial charge >= 0.3 is 0 Å². The molecule has 1 rings (SSSR count). The Labute approximate surface area is 120 Å². The average Bonchev–Trinajstić information content (AvgIpc) is 2.27. The van der Waals surface area contributed by atoms with Crippen LogP contribution in [-0.2, 0) is 10.0 Å². The zero-order valence-electron chi connectivity index (χ0n) is 11.4. The van der Waals surface area contributed by atoms with Crippen LogP contribution in [0.15, 0.2) is 29.2 Å². The van der Waals surface area contributed by atoms with E-state index in [4.69, 9.17) is 18.0 Å². The Balaban J connectivity index is 2.98. The van der Waals surface area contributed by atoms with E-state index in [-0.39, 0.29) is 9.88 Å². The number of benzene rings is 1. The second kappa shape index (κ2) is 5.98. The van der Waals surface area contributed by atoms with E-state index >= 15 is 0 Å². The van der Waals surface area contributed by atoms with Crippen molar-refractivity contribution in [2.45, 2.75) is 44.0 Å². The van der Waals surface area contributed by atoms with Gasteiger partial charge in [0.25, 0.3) is 0 Å². The van der Waals surface area contributed by atoms with Crippen LogP contribution in [0.1, 0.15) is 39.2 Å². The number of thiocarbonyl (C=S) groups is 1. The molecular formula is C13H20N2O2S2. The highest BCUT2D eigenvalue weighted by atomic mass is 32.2. The van der Waals surface area contributed by atoms with E-state index in [0.717, 1.165) is 12.8 Å². The van der Waals surface area contributed by atoms with Crippen molar-refractivity contribution >= 4 is 27.2 Å². The maximum absolute atomic E-state index is 12.2. The largest absolute Gasteiger partial charge is 0.389 e. The zero-order valence-corrected chi connectivity index (χ0v) is 13.1. The smallest absolute Gasteiger partial charge is 0.241 e. The summed E-state index contributed by atoms with van der Waals surface area (Å²) < 4.78 is 27.2. The predicted molar refractivity (Wildman–Crippen MR) is 81.6 cm³/mol. The third-order valence-electron chi connectivity index (χ3n) is 2.73. The number of sulfonamides is 1. The summed E-state index contributed by atoms with van der Waals surface area (Å²) in [5.74, 6) is 0. The minimum atomic E-state index is -3.52.